The van der Waals surface area contributed by atoms with Gasteiger partial charge >= 0.3 is 89.4 Å². The fourth-order valence-corrected chi connectivity index (χ4v) is 4.18. The van der Waals surface area contributed by atoms with Crippen LogP contribution in [0.5, 0.6) is 0 Å². The Bertz CT molecular complexity index is 342. The molecule has 0 fully saturated rings. The molecular formula is C10H17N3Sn. The van der Waals surface area contributed by atoms with Gasteiger partial charge in [-0.1, -0.05) is 0 Å². The van der Waals surface area contributed by atoms with Crippen LogP contribution in [0.4, 0.5) is 5.69 Å². The first-order valence-corrected chi connectivity index (χ1v) is 14.7. The summed E-state index contributed by atoms with van der Waals surface area (Å²) >= 11 is -2.07. The molecule has 1 rings (SSSR count). The van der Waals surface area contributed by atoms with Crippen LogP contribution < -0.4 is 9.03 Å². The van der Waals surface area contributed by atoms with Gasteiger partial charge in [0.1, 0.15) is 0 Å². The van der Waals surface area contributed by atoms with Crippen molar-refractivity contribution in [2.45, 2.75) is 14.8 Å². The molecule has 0 atom stereocenters. The third-order valence-electron chi connectivity index (χ3n) is 2.10. The molecule has 1 aromatic rings. The molecule has 14 heavy (non-hydrogen) atoms. The van der Waals surface area contributed by atoms with Crippen molar-refractivity contribution in [3.05, 3.63) is 17.8 Å². The van der Waals surface area contributed by atoms with Crippen LogP contribution in [0.15, 0.2) is 12.1 Å². The number of nitrogens with one attached hydrogen (secondary N) is 2. The first-order chi connectivity index (χ1) is 6.49. The maximum atomic E-state index is 7.28. The van der Waals surface area contributed by atoms with Crippen molar-refractivity contribution in [2.75, 3.05) is 12.4 Å². The monoisotopic (exact) mass is 299 g/mol. The minimum absolute atomic E-state index is 0.747. The normalized spacial score (nSPS) is 11.1. The molecule has 0 amide bonds. The van der Waals surface area contributed by atoms with Crippen LogP contribution in [0.1, 0.15) is 5.69 Å². The van der Waals surface area contributed by atoms with Crippen LogP contribution in [-0.2, 0) is 0 Å². The molecule has 2 N–H and O–H groups in total. The summed E-state index contributed by atoms with van der Waals surface area (Å²) in [5.41, 5.74) is 1.68. The first-order valence-electron chi connectivity index (χ1n) is 4.69. The molecule has 0 aromatic carbocycles. The van der Waals surface area contributed by atoms with Gasteiger partial charge < -0.3 is 0 Å². The van der Waals surface area contributed by atoms with Gasteiger partial charge in [0.25, 0.3) is 0 Å². The van der Waals surface area contributed by atoms with Crippen LogP contribution in [0.25, 0.3) is 0 Å². The molecule has 0 radical (unpaired) electrons. The van der Waals surface area contributed by atoms with E-state index in [1.54, 1.807) is 0 Å². The van der Waals surface area contributed by atoms with E-state index in [1.165, 1.54) is 9.92 Å². The van der Waals surface area contributed by atoms with Gasteiger partial charge in [0.15, 0.2) is 0 Å². The van der Waals surface area contributed by atoms with Crippen molar-refractivity contribution in [3.63, 3.8) is 0 Å². The Morgan fingerprint density at radius 3 is 2.43 bits per heavy atom. The van der Waals surface area contributed by atoms with Crippen LogP contribution in [0.3, 0.4) is 0 Å². The van der Waals surface area contributed by atoms with Crippen molar-refractivity contribution >= 4 is 34.0 Å². The fraction of sp³-hybridized carbons (Fsp3) is 0.400. The standard InChI is InChI=1S/C7H8N3.3CH3.Sn/c1-9-6-3-2-4-10-7(6)5-8;;;;/h2-3,5,8-9H,1H3;3*1H3;. The Labute approximate surface area is 89.3 Å². The molecule has 0 spiro atoms. The van der Waals surface area contributed by atoms with Crippen LogP contribution >= 0.6 is 0 Å². The average molecular weight is 298 g/mol. The van der Waals surface area contributed by atoms with E-state index in [-0.39, 0.29) is 0 Å². The molecule has 0 unspecified atom stereocenters. The predicted molar refractivity (Wildman–Crippen MR) is 64.6 cm³/mol. The molecule has 0 aliphatic heterocycles. The second-order valence-corrected chi connectivity index (χ2v) is 18.6. The van der Waals surface area contributed by atoms with Crippen LogP contribution in [0, 0.1) is 5.41 Å². The van der Waals surface area contributed by atoms with Gasteiger partial charge in [-0.3, -0.25) is 0 Å². The van der Waals surface area contributed by atoms with Gasteiger partial charge in [-0.2, -0.15) is 0 Å². The number of anilines is 1. The summed E-state index contributed by atoms with van der Waals surface area (Å²) in [6.45, 7) is 0. The second-order valence-electron chi connectivity index (χ2n) is 4.27. The van der Waals surface area contributed by atoms with E-state index in [1.807, 2.05) is 13.1 Å². The molecule has 0 aliphatic carbocycles. The van der Waals surface area contributed by atoms with Crippen LogP contribution in [0.2, 0.25) is 14.8 Å². The molecule has 0 saturated carbocycles. The Balaban J connectivity index is 3.21. The molecule has 3 nitrogen and oxygen atoms in total. The average Bonchev–Trinajstić information content (AvgIpc) is 2.15. The number of nitrogens with zero attached hydrogens (tertiary/aromatic N) is 1. The van der Waals surface area contributed by atoms with Gasteiger partial charge in [-0.05, 0) is 0 Å². The summed E-state index contributed by atoms with van der Waals surface area (Å²) in [5.74, 6) is 0. The third kappa shape index (κ3) is 2.47. The summed E-state index contributed by atoms with van der Waals surface area (Å²) in [7, 11) is 1.85. The molecule has 76 valence electrons. The van der Waals surface area contributed by atoms with E-state index in [0.29, 0.717) is 0 Å². The Hall–Kier alpha value is -0.581. The quantitative estimate of drug-likeness (QED) is 0.659. The van der Waals surface area contributed by atoms with Gasteiger partial charge in [0, 0.05) is 0 Å². The zero-order valence-corrected chi connectivity index (χ0v) is 12.0. The zero-order valence-electron chi connectivity index (χ0n) is 9.18. The van der Waals surface area contributed by atoms with Crippen molar-refractivity contribution in [1.82, 2.24) is 4.98 Å². The second kappa shape index (κ2) is 4.29. The van der Waals surface area contributed by atoms with Crippen molar-refractivity contribution in [1.29, 1.82) is 5.41 Å². The van der Waals surface area contributed by atoms with Crippen LogP contribution in [-0.4, -0.2) is 36.6 Å². The fourth-order valence-electron chi connectivity index (χ4n) is 1.21. The summed E-state index contributed by atoms with van der Waals surface area (Å²) in [5, 5.41) is 10.3. The Morgan fingerprint density at radius 2 is 2.00 bits per heavy atom. The number of aromatic nitrogens is 1. The summed E-state index contributed by atoms with van der Waals surface area (Å²) < 4.78 is 1.22. The Kier molecular flexibility index (Phi) is 3.53. The predicted octanol–water partition coefficient (Wildman–Crippen LogP) is 1.67. The molecule has 1 heterocycles. The van der Waals surface area contributed by atoms with Crippen molar-refractivity contribution in [3.8, 4) is 0 Å². The van der Waals surface area contributed by atoms with Crippen molar-refractivity contribution < 1.29 is 0 Å². The maximum absolute atomic E-state index is 7.28. The first kappa shape index (κ1) is 11.5. The zero-order chi connectivity index (χ0) is 10.8. The SMILES string of the molecule is CNc1cc[c]([Sn]([CH3])([CH3])[CH3])nc1C=N. The molecule has 0 bridgehead atoms. The number of hydrogen-bond donors (Lipinski definition) is 2. The molecule has 0 saturated heterocycles. The van der Waals surface area contributed by atoms with E-state index in [9.17, 15) is 0 Å². The molecular weight excluding hydrogens is 281 g/mol. The topological polar surface area (TPSA) is 48.8 Å². The summed E-state index contributed by atoms with van der Waals surface area (Å²) in [6.07, 6.45) is 1.31. The number of hydrogen-bond acceptors (Lipinski definition) is 3. The van der Waals surface area contributed by atoms with E-state index in [4.69, 9.17) is 5.41 Å². The van der Waals surface area contributed by atoms with E-state index in [2.05, 4.69) is 31.2 Å². The van der Waals surface area contributed by atoms with Gasteiger partial charge in [0.05, 0.1) is 0 Å². The van der Waals surface area contributed by atoms with E-state index >= 15 is 0 Å². The van der Waals surface area contributed by atoms with Gasteiger partial charge in [-0.25, -0.2) is 0 Å². The van der Waals surface area contributed by atoms with E-state index in [0.717, 1.165) is 11.4 Å². The van der Waals surface area contributed by atoms with Gasteiger partial charge in [-0.15, -0.1) is 0 Å². The number of pyridine rings is 1. The third-order valence-corrected chi connectivity index (χ3v) is 7.28. The molecule has 0 aliphatic rings. The van der Waals surface area contributed by atoms with Crippen molar-refractivity contribution in [2.24, 2.45) is 0 Å². The minimum atomic E-state index is -2.07. The molecule has 1 aromatic heterocycles. The number of rotatable bonds is 3. The van der Waals surface area contributed by atoms with E-state index < -0.39 is 18.4 Å². The summed E-state index contributed by atoms with van der Waals surface area (Å²) in [4.78, 5) is 11.5. The van der Waals surface area contributed by atoms with Gasteiger partial charge in [0.2, 0.25) is 0 Å². The summed E-state index contributed by atoms with van der Waals surface area (Å²) in [6, 6.07) is 4.11. The molecule has 4 heteroatoms. The Morgan fingerprint density at radius 1 is 1.36 bits per heavy atom.